The minimum absolute atomic E-state index is 0.281. The van der Waals surface area contributed by atoms with E-state index in [1.54, 1.807) is 6.07 Å². The van der Waals surface area contributed by atoms with Gasteiger partial charge in [-0.3, -0.25) is 0 Å². The first kappa shape index (κ1) is 14.0. The summed E-state index contributed by atoms with van der Waals surface area (Å²) in [6.45, 7) is 0. The number of benzene rings is 2. The fourth-order valence-corrected chi connectivity index (χ4v) is 2.31. The molecule has 0 radical (unpaired) electrons. The van der Waals surface area contributed by atoms with Crippen molar-refractivity contribution in [3.63, 3.8) is 0 Å². The van der Waals surface area contributed by atoms with Gasteiger partial charge in [0.25, 0.3) is 0 Å². The summed E-state index contributed by atoms with van der Waals surface area (Å²) in [5.41, 5.74) is 7.81. The highest BCUT2D eigenvalue weighted by Crippen LogP contribution is 2.23. The molecular formula is C16H17ClFN. The van der Waals surface area contributed by atoms with E-state index in [2.05, 4.69) is 12.1 Å². The van der Waals surface area contributed by atoms with Crippen LogP contribution in [0.4, 0.5) is 4.39 Å². The first-order chi connectivity index (χ1) is 9.16. The van der Waals surface area contributed by atoms with Crippen molar-refractivity contribution in [3.8, 4) is 0 Å². The third kappa shape index (κ3) is 4.05. The molecule has 2 rings (SSSR count). The van der Waals surface area contributed by atoms with E-state index in [0.29, 0.717) is 10.6 Å². The Bertz CT molecular complexity index is 528. The van der Waals surface area contributed by atoms with Crippen LogP contribution in [0, 0.1) is 5.82 Å². The normalized spacial score (nSPS) is 12.4. The molecule has 0 fully saturated rings. The molecule has 0 aromatic heterocycles. The molecule has 0 aliphatic heterocycles. The van der Waals surface area contributed by atoms with Crippen LogP contribution in [0.5, 0.6) is 0 Å². The predicted molar refractivity (Wildman–Crippen MR) is 77.7 cm³/mol. The molecule has 0 heterocycles. The number of hydrogen-bond acceptors (Lipinski definition) is 1. The Balaban J connectivity index is 1.91. The van der Waals surface area contributed by atoms with Gasteiger partial charge in [0.1, 0.15) is 5.82 Å². The molecule has 2 aromatic rings. The molecule has 3 heteroatoms. The minimum atomic E-state index is -0.303. The van der Waals surface area contributed by atoms with E-state index >= 15 is 0 Å². The Hall–Kier alpha value is -1.38. The van der Waals surface area contributed by atoms with Crippen LogP contribution >= 0.6 is 11.6 Å². The second-order valence-corrected chi connectivity index (χ2v) is 5.09. The summed E-state index contributed by atoms with van der Waals surface area (Å²) in [4.78, 5) is 0. The van der Waals surface area contributed by atoms with E-state index in [4.69, 9.17) is 17.3 Å². The predicted octanol–water partition coefficient (Wildman–Crippen LogP) is 4.50. The summed E-state index contributed by atoms with van der Waals surface area (Å²) in [6, 6.07) is 14.4. The molecule has 0 aliphatic rings. The molecule has 1 atom stereocenters. The van der Waals surface area contributed by atoms with Crippen LogP contribution in [0.3, 0.4) is 0 Å². The van der Waals surface area contributed by atoms with Crippen LogP contribution < -0.4 is 5.73 Å². The van der Waals surface area contributed by atoms with Crippen molar-refractivity contribution in [2.75, 3.05) is 0 Å². The van der Waals surface area contributed by atoms with Crippen LogP contribution in [0.15, 0.2) is 48.5 Å². The van der Waals surface area contributed by atoms with E-state index in [1.807, 2.05) is 18.2 Å². The Morgan fingerprint density at radius 1 is 1.11 bits per heavy atom. The van der Waals surface area contributed by atoms with Gasteiger partial charge in [-0.1, -0.05) is 41.9 Å². The van der Waals surface area contributed by atoms with Crippen molar-refractivity contribution < 1.29 is 4.39 Å². The lowest BCUT2D eigenvalue weighted by Gasteiger charge is -2.13. The Morgan fingerprint density at radius 2 is 1.84 bits per heavy atom. The Kier molecular flexibility index (Phi) is 4.94. The summed E-state index contributed by atoms with van der Waals surface area (Å²) in [5, 5.41) is 0.523. The molecule has 0 saturated carbocycles. The topological polar surface area (TPSA) is 26.0 Å². The Labute approximate surface area is 118 Å². The van der Waals surface area contributed by atoms with E-state index in [9.17, 15) is 4.39 Å². The first-order valence-electron chi connectivity index (χ1n) is 6.41. The zero-order valence-corrected chi connectivity index (χ0v) is 11.4. The number of rotatable bonds is 5. The molecule has 19 heavy (non-hydrogen) atoms. The summed E-state index contributed by atoms with van der Waals surface area (Å²) in [5.74, 6) is -0.281. The lowest BCUT2D eigenvalue weighted by molar-refractivity contribution is 0.551. The van der Waals surface area contributed by atoms with Gasteiger partial charge in [0.05, 0.1) is 0 Å². The SMILES string of the molecule is NC(CCCc1ccccc1)c1cc(Cl)ccc1F. The minimum Gasteiger partial charge on any atom is -0.324 e. The molecule has 0 amide bonds. The maximum Gasteiger partial charge on any atom is 0.128 e. The summed E-state index contributed by atoms with van der Waals surface area (Å²) in [7, 11) is 0. The average molecular weight is 278 g/mol. The molecule has 1 nitrogen and oxygen atoms in total. The number of hydrogen-bond donors (Lipinski definition) is 1. The highest BCUT2D eigenvalue weighted by molar-refractivity contribution is 6.30. The van der Waals surface area contributed by atoms with E-state index in [-0.39, 0.29) is 11.9 Å². The number of halogens is 2. The van der Waals surface area contributed by atoms with Crippen LogP contribution in [-0.2, 0) is 6.42 Å². The van der Waals surface area contributed by atoms with Gasteiger partial charge in [-0.05, 0) is 43.0 Å². The quantitative estimate of drug-likeness (QED) is 0.855. The van der Waals surface area contributed by atoms with Gasteiger partial charge in [-0.2, -0.15) is 0 Å². The molecule has 2 aromatic carbocycles. The second-order valence-electron chi connectivity index (χ2n) is 4.65. The third-order valence-corrected chi connectivity index (χ3v) is 3.42. The highest BCUT2D eigenvalue weighted by Gasteiger charge is 2.11. The molecule has 1 unspecified atom stereocenters. The van der Waals surface area contributed by atoms with Crippen molar-refractivity contribution in [1.29, 1.82) is 0 Å². The standard InChI is InChI=1S/C16H17ClFN/c17-13-9-10-15(18)14(11-13)16(19)8-4-7-12-5-2-1-3-6-12/h1-3,5-6,9-11,16H,4,7-8,19H2. The monoisotopic (exact) mass is 277 g/mol. The van der Waals surface area contributed by atoms with Crippen molar-refractivity contribution in [2.45, 2.75) is 25.3 Å². The fourth-order valence-electron chi connectivity index (χ4n) is 2.13. The zero-order valence-electron chi connectivity index (χ0n) is 10.7. The van der Waals surface area contributed by atoms with Crippen molar-refractivity contribution in [1.82, 2.24) is 0 Å². The van der Waals surface area contributed by atoms with Gasteiger partial charge in [0.2, 0.25) is 0 Å². The fraction of sp³-hybridized carbons (Fsp3) is 0.250. The number of nitrogens with two attached hydrogens (primary N) is 1. The molecule has 0 spiro atoms. The lowest BCUT2D eigenvalue weighted by Crippen LogP contribution is -2.12. The van der Waals surface area contributed by atoms with Gasteiger partial charge in [-0.15, -0.1) is 0 Å². The maximum atomic E-state index is 13.6. The van der Waals surface area contributed by atoms with Crippen LogP contribution in [0.25, 0.3) is 0 Å². The summed E-state index contributed by atoms with van der Waals surface area (Å²) in [6.07, 6.45) is 2.63. The van der Waals surface area contributed by atoms with Crippen LogP contribution in [0.1, 0.15) is 30.0 Å². The van der Waals surface area contributed by atoms with Gasteiger partial charge >= 0.3 is 0 Å². The molecule has 0 saturated heterocycles. The van der Waals surface area contributed by atoms with Gasteiger partial charge in [0, 0.05) is 16.6 Å². The van der Waals surface area contributed by atoms with Crippen molar-refractivity contribution in [2.24, 2.45) is 5.73 Å². The van der Waals surface area contributed by atoms with E-state index in [1.165, 1.54) is 17.7 Å². The molecule has 2 N–H and O–H groups in total. The Morgan fingerprint density at radius 3 is 2.58 bits per heavy atom. The second kappa shape index (κ2) is 6.69. The largest absolute Gasteiger partial charge is 0.324 e. The lowest BCUT2D eigenvalue weighted by atomic mass is 9.99. The highest BCUT2D eigenvalue weighted by atomic mass is 35.5. The molecule has 100 valence electrons. The smallest absolute Gasteiger partial charge is 0.128 e. The summed E-state index contributed by atoms with van der Waals surface area (Å²) < 4.78 is 13.6. The average Bonchev–Trinajstić information content (AvgIpc) is 2.42. The van der Waals surface area contributed by atoms with Crippen LogP contribution in [0.2, 0.25) is 5.02 Å². The third-order valence-electron chi connectivity index (χ3n) is 3.18. The van der Waals surface area contributed by atoms with Gasteiger partial charge in [-0.25, -0.2) is 4.39 Å². The molecular weight excluding hydrogens is 261 g/mol. The van der Waals surface area contributed by atoms with Crippen LogP contribution in [-0.4, -0.2) is 0 Å². The number of aryl methyl sites for hydroxylation is 1. The molecule has 0 bridgehead atoms. The maximum absolute atomic E-state index is 13.6. The van der Waals surface area contributed by atoms with Crippen molar-refractivity contribution in [3.05, 3.63) is 70.5 Å². The van der Waals surface area contributed by atoms with Gasteiger partial charge < -0.3 is 5.73 Å². The van der Waals surface area contributed by atoms with Gasteiger partial charge in [0.15, 0.2) is 0 Å². The summed E-state index contributed by atoms with van der Waals surface area (Å²) >= 11 is 5.87. The first-order valence-corrected chi connectivity index (χ1v) is 6.79. The van der Waals surface area contributed by atoms with Crippen molar-refractivity contribution >= 4 is 11.6 Å². The van der Waals surface area contributed by atoms with E-state index < -0.39 is 0 Å². The van der Waals surface area contributed by atoms with E-state index in [0.717, 1.165) is 19.3 Å². The molecule has 0 aliphatic carbocycles. The zero-order chi connectivity index (χ0) is 13.7.